The smallest absolute Gasteiger partial charge is 0.306 e. The van der Waals surface area contributed by atoms with Gasteiger partial charge in [0.05, 0.1) is 5.92 Å². The van der Waals surface area contributed by atoms with E-state index in [2.05, 4.69) is 11.9 Å². The maximum Gasteiger partial charge on any atom is 0.306 e. The molecule has 3 nitrogen and oxygen atoms in total. The summed E-state index contributed by atoms with van der Waals surface area (Å²) in [7, 11) is 2.09. The Labute approximate surface area is 86.1 Å². The molecule has 1 fully saturated rings. The maximum atomic E-state index is 11.0. The van der Waals surface area contributed by atoms with Gasteiger partial charge in [-0.1, -0.05) is 13.3 Å². The van der Waals surface area contributed by atoms with Gasteiger partial charge in [0.2, 0.25) is 0 Å². The quantitative estimate of drug-likeness (QED) is 0.754. The van der Waals surface area contributed by atoms with Gasteiger partial charge < -0.3 is 10.0 Å². The van der Waals surface area contributed by atoms with Crippen LogP contribution < -0.4 is 0 Å². The molecule has 1 rings (SSSR count). The molecule has 1 aliphatic heterocycles. The van der Waals surface area contributed by atoms with Crippen LogP contribution in [0, 0.1) is 11.8 Å². The van der Waals surface area contributed by atoms with Gasteiger partial charge in [-0.3, -0.25) is 4.79 Å². The average Bonchev–Trinajstić information content (AvgIpc) is 2.31. The van der Waals surface area contributed by atoms with Crippen LogP contribution in [0.5, 0.6) is 0 Å². The molecule has 14 heavy (non-hydrogen) atoms. The zero-order valence-corrected chi connectivity index (χ0v) is 9.20. The highest BCUT2D eigenvalue weighted by atomic mass is 16.4. The Kier molecular flexibility index (Phi) is 4.39. The van der Waals surface area contributed by atoms with Crippen molar-refractivity contribution in [3.63, 3.8) is 0 Å². The highest BCUT2D eigenvalue weighted by molar-refractivity contribution is 5.70. The van der Waals surface area contributed by atoms with Crippen LogP contribution in [0.1, 0.15) is 32.6 Å². The fourth-order valence-electron chi connectivity index (χ4n) is 2.41. The topological polar surface area (TPSA) is 40.5 Å². The molecular weight excluding hydrogens is 178 g/mol. The molecule has 0 radical (unpaired) electrons. The van der Waals surface area contributed by atoms with Crippen molar-refractivity contribution in [3.05, 3.63) is 0 Å². The van der Waals surface area contributed by atoms with Gasteiger partial charge in [0, 0.05) is 6.54 Å². The number of rotatable bonds is 3. The van der Waals surface area contributed by atoms with Crippen molar-refractivity contribution in [2.24, 2.45) is 11.8 Å². The summed E-state index contributed by atoms with van der Waals surface area (Å²) in [5.74, 6) is -0.409. The third-order valence-electron chi connectivity index (χ3n) is 3.24. The zero-order chi connectivity index (χ0) is 10.6. The molecule has 2 unspecified atom stereocenters. The van der Waals surface area contributed by atoms with Crippen LogP contribution in [0.15, 0.2) is 0 Å². The van der Waals surface area contributed by atoms with Gasteiger partial charge >= 0.3 is 5.97 Å². The fourth-order valence-corrected chi connectivity index (χ4v) is 2.41. The van der Waals surface area contributed by atoms with E-state index in [9.17, 15) is 4.79 Å². The summed E-state index contributed by atoms with van der Waals surface area (Å²) in [5.41, 5.74) is 0. The van der Waals surface area contributed by atoms with Gasteiger partial charge in [-0.2, -0.15) is 0 Å². The molecule has 0 spiro atoms. The largest absolute Gasteiger partial charge is 0.481 e. The second-order valence-corrected chi connectivity index (χ2v) is 4.37. The molecular formula is C11H21NO2. The summed E-state index contributed by atoms with van der Waals surface area (Å²) in [6, 6.07) is 0. The van der Waals surface area contributed by atoms with E-state index in [4.69, 9.17) is 5.11 Å². The molecule has 3 heteroatoms. The Morgan fingerprint density at radius 1 is 1.57 bits per heavy atom. The van der Waals surface area contributed by atoms with Gasteiger partial charge in [0.1, 0.15) is 0 Å². The molecule has 1 N–H and O–H groups in total. The van der Waals surface area contributed by atoms with Gasteiger partial charge in [0.15, 0.2) is 0 Å². The van der Waals surface area contributed by atoms with Gasteiger partial charge in [-0.15, -0.1) is 0 Å². The van der Waals surface area contributed by atoms with Crippen molar-refractivity contribution in [3.8, 4) is 0 Å². The maximum absolute atomic E-state index is 11.0. The summed E-state index contributed by atoms with van der Waals surface area (Å²) in [5, 5.41) is 9.09. The average molecular weight is 199 g/mol. The fraction of sp³-hybridized carbons (Fsp3) is 0.909. The standard InChI is InChI=1S/C11H21NO2/c1-3-10(11(13)14)9-6-4-5-7-12(2)8-9/h9-10H,3-8H2,1-2H3,(H,13,14). The molecule has 0 aromatic rings. The van der Waals surface area contributed by atoms with Crippen LogP contribution in [0.2, 0.25) is 0 Å². The van der Waals surface area contributed by atoms with E-state index in [-0.39, 0.29) is 5.92 Å². The van der Waals surface area contributed by atoms with Gasteiger partial charge in [-0.05, 0) is 38.8 Å². The Morgan fingerprint density at radius 2 is 2.29 bits per heavy atom. The second-order valence-electron chi connectivity index (χ2n) is 4.37. The predicted octanol–water partition coefficient (Wildman–Crippen LogP) is 1.83. The summed E-state index contributed by atoms with van der Waals surface area (Å²) in [6.07, 6.45) is 4.23. The van der Waals surface area contributed by atoms with Crippen LogP contribution in [0.25, 0.3) is 0 Å². The van der Waals surface area contributed by atoms with Crippen molar-refractivity contribution in [2.75, 3.05) is 20.1 Å². The lowest BCUT2D eigenvalue weighted by atomic mass is 9.86. The first-order valence-corrected chi connectivity index (χ1v) is 5.56. The summed E-state index contributed by atoms with van der Waals surface area (Å²) < 4.78 is 0. The first-order chi connectivity index (χ1) is 6.65. The number of hydrogen-bond acceptors (Lipinski definition) is 2. The zero-order valence-electron chi connectivity index (χ0n) is 9.20. The van der Waals surface area contributed by atoms with Crippen molar-refractivity contribution >= 4 is 5.97 Å². The molecule has 0 aromatic heterocycles. The number of likely N-dealkylation sites (tertiary alicyclic amines) is 1. The third-order valence-corrected chi connectivity index (χ3v) is 3.24. The molecule has 0 aliphatic carbocycles. The van der Waals surface area contributed by atoms with Crippen molar-refractivity contribution < 1.29 is 9.90 Å². The number of carboxylic acid groups (broad SMARTS) is 1. The normalized spacial score (nSPS) is 26.9. The molecule has 1 heterocycles. The van der Waals surface area contributed by atoms with E-state index in [1.165, 1.54) is 12.8 Å². The Hall–Kier alpha value is -0.570. The molecule has 82 valence electrons. The minimum atomic E-state index is -0.618. The molecule has 0 aromatic carbocycles. The highest BCUT2D eigenvalue weighted by Gasteiger charge is 2.28. The van der Waals surface area contributed by atoms with E-state index in [1.807, 2.05) is 6.92 Å². The van der Waals surface area contributed by atoms with Crippen molar-refractivity contribution in [1.82, 2.24) is 4.90 Å². The SMILES string of the molecule is CCC(C(=O)O)C1CCCCN(C)C1. The Balaban J connectivity index is 2.58. The second kappa shape index (κ2) is 5.35. The Morgan fingerprint density at radius 3 is 2.86 bits per heavy atom. The molecule has 0 saturated carbocycles. The lowest BCUT2D eigenvalue weighted by Gasteiger charge is -2.24. The number of hydrogen-bond donors (Lipinski definition) is 1. The van der Waals surface area contributed by atoms with E-state index < -0.39 is 5.97 Å². The van der Waals surface area contributed by atoms with Gasteiger partial charge in [0.25, 0.3) is 0 Å². The van der Waals surface area contributed by atoms with E-state index in [0.29, 0.717) is 5.92 Å². The van der Waals surface area contributed by atoms with Crippen LogP contribution >= 0.6 is 0 Å². The lowest BCUT2D eigenvalue weighted by molar-refractivity contribution is -0.144. The molecule has 1 aliphatic rings. The van der Waals surface area contributed by atoms with Crippen molar-refractivity contribution in [1.29, 1.82) is 0 Å². The van der Waals surface area contributed by atoms with E-state index >= 15 is 0 Å². The summed E-state index contributed by atoms with van der Waals surface area (Å²) >= 11 is 0. The lowest BCUT2D eigenvalue weighted by Crippen LogP contribution is -2.32. The molecule has 0 amide bonds. The minimum Gasteiger partial charge on any atom is -0.481 e. The number of carbonyl (C=O) groups is 1. The number of nitrogens with zero attached hydrogens (tertiary/aromatic N) is 1. The van der Waals surface area contributed by atoms with E-state index in [0.717, 1.165) is 25.9 Å². The molecule has 1 saturated heterocycles. The Bertz CT molecular complexity index is 194. The van der Waals surface area contributed by atoms with Crippen LogP contribution in [-0.4, -0.2) is 36.1 Å². The minimum absolute atomic E-state index is 0.143. The van der Waals surface area contributed by atoms with Crippen molar-refractivity contribution in [2.45, 2.75) is 32.6 Å². The summed E-state index contributed by atoms with van der Waals surface area (Å²) in [4.78, 5) is 13.3. The highest BCUT2D eigenvalue weighted by Crippen LogP contribution is 2.25. The first-order valence-electron chi connectivity index (χ1n) is 5.56. The molecule has 2 atom stereocenters. The van der Waals surface area contributed by atoms with Crippen LogP contribution in [-0.2, 0) is 4.79 Å². The predicted molar refractivity (Wildman–Crippen MR) is 56.3 cm³/mol. The summed E-state index contributed by atoms with van der Waals surface area (Å²) in [6.45, 7) is 4.04. The van der Waals surface area contributed by atoms with Gasteiger partial charge in [-0.25, -0.2) is 0 Å². The number of carboxylic acids is 1. The third kappa shape index (κ3) is 2.98. The molecule has 0 bridgehead atoms. The van der Waals surface area contributed by atoms with Crippen LogP contribution in [0.3, 0.4) is 0 Å². The first kappa shape index (κ1) is 11.5. The monoisotopic (exact) mass is 199 g/mol. The number of aliphatic carboxylic acids is 1. The van der Waals surface area contributed by atoms with E-state index in [1.54, 1.807) is 0 Å². The van der Waals surface area contributed by atoms with Crippen LogP contribution in [0.4, 0.5) is 0 Å².